The van der Waals surface area contributed by atoms with Crippen molar-refractivity contribution in [2.75, 3.05) is 5.33 Å². The molecule has 1 heterocycles. The van der Waals surface area contributed by atoms with Gasteiger partial charge in [0.2, 0.25) is 0 Å². The van der Waals surface area contributed by atoms with Gasteiger partial charge < -0.3 is 0 Å². The first-order chi connectivity index (χ1) is 7.99. The first-order valence-corrected chi connectivity index (χ1v) is 9.60. The van der Waals surface area contributed by atoms with Gasteiger partial charge in [0.05, 0.1) is 0 Å². The Morgan fingerprint density at radius 1 is 1.41 bits per heavy atom. The number of halogens is 2. The number of rotatable bonds is 4. The zero-order valence-electron chi connectivity index (χ0n) is 9.08. The fourth-order valence-corrected chi connectivity index (χ4v) is 6.80. The standard InChI is InChI=1S/C10H13Br2NO2S2/c11-7-10(4-1-2-5-10)13-17(14,15)9-8(12)3-6-16-9/h3,6,13H,1-2,4-5,7H2. The van der Waals surface area contributed by atoms with Crippen molar-refractivity contribution in [1.82, 2.24) is 4.72 Å². The van der Waals surface area contributed by atoms with E-state index in [1.54, 1.807) is 11.4 Å². The van der Waals surface area contributed by atoms with Gasteiger partial charge in [0, 0.05) is 15.3 Å². The second kappa shape index (κ2) is 5.28. The van der Waals surface area contributed by atoms with Crippen LogP contribution in [-0.2, 0) is 10.0 Å². The topological polar surface area (TPSA) is 46.2 Å². The summed E-state index contributed by atoms with van der Waals surface area (Å²) in [6.45, 7) is 0. The zero-order valence-corrected chi connectivity index (χ0v) is 13.9. The van der Waals surface area contributed by atoms with E-state index in [0.29, 0.717) is 14.0 Å². The SMILES string of the molecule is O=S(=O)(NC1(CBr)CCCC1)c1sccc1Br. The Labute approximate surface area is 122 Å². The predicted molar refractivity (Wildman–Crippen MR) is 77.3 cm³/mol. The third kappa shape index (κ3) is 2.94. The Balaban J connectivity index is 2.26. The number of hydrogen-bond acceptors (Lipinski definition) is 3. The summed E-state index contributed by atoms with van der Waals surface area (Å²) < 4.78 is 28.4. The second-order valence-electron chi connectivity index (χ2n) is 4.28. The Kier molecular flexibility index (Phi) is 4.35. The summed E-state index contributed by atoms with van der Waals surface area (Å²) in [5.41, 5.74) is -0.303. The van der Waals surface area contributed by atoms with Crippen LogP contribution >= 0.6 is 43.2 Å². The van der Waals surface area contributed by atoms with Crippen LogP contribution in [0.3, 0.4) is 0 Å². The van der Waals surface area contributed by atoms with Crippen molar-refractivity contribution in [2.24, 2.45) is 0 Å². The first-order valence-electron chi connectivity index (χ1n) is 5.32. The Morgan fingerprint density at radius 2 is 2.06 bits per heavy atom. The first kappa shape index (κ1) is 14.0. The van der Waals surface area contributed by atoms with Crippen LogP contribution in [0.4, 0.5) is 0 Å². The summed E-state index contributed by atoms with van der Waals surface area (Å²) in [7, 11) is -3.41. The number of sulfonamides is 1. The van der Waals surface area contributed by atoms with E-state index in [-0.39, 0.29) is 5.54 Å². The monoisotopic (exact) mass is 401 g/mol. The van der Waals surface area contributed by atoms with Gasteiger partial charge in [-0.05, 0) is 40.2 Å². The molecule has 0 spiro atoms. The highest BCUT2D eigenvalue weighted by molar-refractivity contribution is 9.10. The van der Waals surface area contributed by atoms with E-state index < -0.39 is 10.0 Å². The van der Waals surface area contributed by atoms with Crippen molar-refractivity contribution in [3.05, 3.63) is 15.9 Å². The van der Waals surface area contributed by atoms with Crippen molar-refractivity contribution >= 4 is 53.2 Å². The summed E-state index contributed by atoms with van der Waals surface area (Å²) in [4.78, 5) is 0. The van der Waals surface area contributed by atoms with E-state index in [9.17, 15) is 8.42 Å². The molecule has 1 N–H and O–H groups in total. The number of hydrogen-bond donors (Lipinski definition) is 1. The molecule has 96 valence electrons. The van der Waals surface area contributed by atoms with Gasteiger partial charge >= 0.3 is 0 Å². The van der Waals surface area contributed by atoms with Crippen LogP contribution in [0.25, 0.3) is 0 Å². The fourth-order valence-electron chi connectivity index (χ4n) is 2.12. The molecule has 1 aromatic rings. The highest BCUT2D eigenvalue weighted by Crippen LogP contribution is 2.35. The third-order valence-corrected chi connectivity index (χ3v) is 8.32. The average molecular weight is 403 g/mol. The molecule has 1 saturated carbocycles. The van der Waals surface area contributed by atoms with E-state index in [2.05, 4.69) is 36.6 Å². The highest BCUT2D eigenvalue weighted by atomic mass is 79.9. The van der Waals surface area contributed by atoms with E-state index in [0.717, 1.165) is 25.7 Å². The minimum Gasteiger partial charge on any atom is -0.206 e. The Hall–Kier alpha value is 0.570. The van der Waals surface area contributed by atoms with Crippen LogP contribution in [-0.4, -0.2) is 19.3 Å². The molecule has 1 aromatic heterocycles. The smallest absolute Gasteiger partial charge is 0.206 e. The lowest BCUT2D eigenvalue weighted by Gasteiger charge is -2.27. The summed E-state index contributed by atoms with van der Waals surface area (Å²) >= 11 is 7.94. The summed E-state index contributed by atoms with van der Waals surface area (Å²) in [5, 5.41) is 2.44. The Bertz CT molecular complexity index is 492. The van der Waals surface area contributed by atoms with Gasteiger partial charge in [-0.2, -0.15) is 0 Å². The van der Waals surface area contributed by atoms with Crippen LogP contribution in [0.2, 0.25) is 0 Å². The minimum atomic E-state index is -3.41. The van der Waals surface area contributed by atoms with Crippen molar-refractivity contribution in [3.63, 3.8) is 0 Å². The van der Waals surface area contributed by atoms with Gasteiger partial charge in [0.15, 0.2) is 0 Å². The molecule has 0 bridgehead atoms. The maximum Gasteiger partial charge on any atom is 0.251 e. The number of alkyl halides is 1. The normalized spacial score (nSPS) is 19.6. The lowest BCUT2D eigenvalue weighted by molar-refractivity contribution is 0.438. The van der Waals surface area contributed by atoms with Crippen LogP contribution in [0.1, 0.15) is 25.7 Å². The van der Waals surface area contributed by atoms with Crippen molar-refractivity contribution < 1.29 is 8.42 Å². The second-order valence-corrected chi connectivity index (χ2v) is 8.49. The molecular weight excluding hydrogens is 390 g/mol. The molecular formula is C10H13Br2NO2S2. The molecule has 0 radical (unpaired) electrons. The van der Waals surface area contributed by atoms with Crippen molar-refractivity contribution in [3.8, 4) is 0 Å². The van der Waals surface area contributed by atoms with Crippen LogP contribution in [0.15, 0.2) is 20.1 Å². The molecule has 3 nitrogen and oxygen atoms in total. The zero-order chi connectivity index (χ0) is 12.5. The van der Waals surface area contributed by atoms with Gasteiger partial charge in [-0.15, -0.1) is 11.3 Å². The van der Waals surface area contributed by atoms with Crippen LogP contribution in [0.5, 0.6) is 0 Å². The average Bonchev–Trinajstić information content (AvgIpc) is 2.87. The molecule has 0 saturated heterocycles. The quantitative estimate of drug-likeness (QED) is 0.783. The fraction of sp³-hybridized carbons (Fsp3) is 0.600. The predicted octanol–water partition coefficient (Wildman–Crippen LogP) is 3.50. The molecule has 1 aliphatic rings. The maximum atomic E-state index is 12.3. The maximum absolute atomic E-state index is 12.3. The van der Waals surface area contributed by atoms with Gasteiger partial charge in [-0.3, -0.25) is 0 Å². The van der Waals surface area contributed by atoms with Crippen LogP contribution in [0, 0.1) is 0 Å². The van der Waals surface area contributed by atoms with E-state index >= 15 is 0 Å². The van der Waals surface area contributed by atoms with Gasteiger partial charge in [-0.25, -0.2) is 13.1 Å². The lowest BCUT2D eigenvalue weighted by atomic mass is 10.0. The molecule has 0 aromatic carbocycles. The largest absolute Gasteiger partial charge is 0.251 e. The summed E-state index contributed by atoms with van der Waals surface area (Å²) in [6, 6.07) is 1.76. The lowest BCUT2D eigenvalue weighted by Crippen LogP contribution is -2.47. The van der Waals surface area contributed by atoms with Crippen molar-refractivity contribution in [2.45, 2.75) is 35.4 Å². The minimum absolute atomic E-state index is 0.303. The molecule has 0 atom stereocenters. The van der Waals surface area contributed by atoms with E-state index in [1.165, 1.54) is 11.3 Å². The molecule has 1 fully saturated rings. The van der Waals surface area contributed by atoms with Gasteiger partial charge in [-0.1, -0.05) is 28.8 Å². The molecule has 0 amide bonds. The molecule has 7 heteroatoms. The highest BCUT2D eigenvalue weighted by Gasteiger charge is 2.37. The molecule has 0 unspecified atom stereocenters. The van der Waals surface area contributed by atoms with Gasteiger partial charge in [0.25, 0.3) is 10.0 Å². The molecule has 17 heavy (non-hydrogen) atoms. The summed E-state index contributed by atoms with van der Waals surface area (Å²) in [5.74, 6) is 0. The van der Waals surface area contributed by atoms with E-state index in [1.807, 2.05) is 0 Å². The number of thiophene rings is 1. The van der Waals surface area contributed by atoms with Crippen LogP contribution < -0.4 is 4.72 Å². The Morgan fingerprint density at radius 3 is 2.53 bits per heavy atom. The molecule has 2 rings (SSSR count). The third-order valence-electron chi connectivity index (χ3n) is 3.00. The van der Waals surface area contributed by atoms with E-state index in [4.69, 9.17) is 0 Å². The van der Waals surface area contributed by atoms with Gasteiger partial charge in [0.1, 0.15) is 4.21 Å². The number of nitrogens with one attached hydrogen (secondary N) is 1. The molecule has 1 aliphatic carbocycles. The summed E-state index contributed by atoms with van der Waals surface area (Å²) in [6.07, 6.45) is 3.97. The molecule has 0 aliphatic heterocycles. The van der Waals surface area contributed by atoms with Crippen molar-refractivity contribution in [1.29, 1.82) is 0 Å².